The van der Waals surface area contributed by atoms with Crippen LogP contribution in [0.15, 0.2) is 12.1 Å². The van der Waals surface area contributed by atoms with E-state index >= 15 is 0 Å². The minimum atomic E-state index is -0.436. The number of anilines is 1. The summed E-state index contributed by atoms with van der Waals surface area (Å²) in [7, 11) is 0. The average molecular weight is 297 g/mol. The van der Waals surface area contributed by atoms with Gasteiger partial charge in [0.2, 0.25) is 0 Å². The molecule has 1 aliphatic rings. The SMILES string of the molecule is CCC1CCCCC1Nc1cc(Cl)c([N+](=O)[O-])cc1C. The highest BCUT2D eigenvalue weighted by Crippen LogP contribution is 2.34. The van der Waals surface area contributed by atoms with Crippen molar-refractivity contribution in [2.45, 2.75) is 52.0 Å². The Morgan fingerprint density at radius 3 is 2.75 bits per heavy atom. The molecule has 0 spiro atoms. The van der Waals surface area contributed by atoms with Gasteiger partial charge in [-0.2, -0.15) is 0 Å². The maximum absolute atomic E-state index is 10.9. The number of rotatable bonds is 4. The average Bonchev–Trinajstić information content (AvgIpc) is 2.42. The summed E-state index contributed by atoms with van der Waals surface area (Å²) in [4.78, 5) is 10.4. The lowest BCUT2D eigenvalue weighted by atomic mass is 9.82. The Morgan fingerprint density at radius 2 is 2.10 bits per heavy atom. The van der Waals surface area contributed by atoms with Gasteiger partial charge < -0.3 is 5.32 Å². The van der Waals surface area contributed by atoms with E-state index in [-0.39, 0.29) is 10.7 Å². The quantitative estimate of drug-likeness (QED) is 0.632. The first kappa shape index (κ1) is 15.1. The van der Waals surface area contributed by atoms with E-state index < -0.39 is 4.92 Å². The van der Waals surface area contributed by atoms with Crippen LogP contribution in [0.25, 0.3) is 0 Å². The summed E-state index contributed by atoms with van der Waals surface area (Å²) in [6, 6.07) is 3.69. The number of nitro groups is 1. The number of hydrogen-bond acceptors (Lipinski definition) is 3. The Morgan fingerprint density at radius 1 is 1.40 bits per heavy atom. The summed E-state index contributed by atoms with van der Waals surface area (Å²) in [6.45, 7) is 4.11. The van der Waals surface area contributed by atoms with Crippen LogP contribution in [0.3, 0.4) is 0 Å². The third-order valence-electron chi connectivity index (χ3n) is 4.26. The molecular weight excluding hydrogens is 276 g/mol. The van der Waals surface area contributed by atoms with Crippen LogP contribution in [-0.2, 0) is 0 Å². The van der Waals surface area contributed by atoms with E-state index in [1.165, 1.54) is 19.3 Å². The summed E-state index contributed by atoms with van der Waals surface area (Å²) in [5.41, 5.74) is 1.78. The summed E-state index contributed by atoms with van der Waals surface area (Å²) < 4.78 is 0. The molecule has 2 atom stereocenters. The molecule has 5 heteroatoms. The first-order valence-corrected chi connectivity index (χ1v) is 7.61. The van der Waals surface area contributed by atoms with Crippen molar-refractivity contribution >= 4 is 23.0 Å². The Labute approximate surface area is 124 Å². The van der Waals surface area contributed by atoms with E-state index in [4.69, 9.17) is 11.6 Å². The molecule has 0 saturated heterocycles. The van der Waals surface area contributed by atoms with E-state index in [2.05, 4.69) is 12.2 Å². The molecule has 1 saturated carbocycles. The van der Waals surface area contributed by atoms with E-state index in [1.807, 2.05) is 6.92 Å². The van der Waals surface area contributed by atoms with Crippen molar-refractivity contribution in [3.63, 3.8) is 0 Å². The van der Waals surface area contributed by atoms with Crippen LogP contribution in [0.2, 0.25) is 5.02 Å². The van der Waals surface area contributed by atoms with Crippen molar-refractivity contribution in [1.82, 2.24) is 0 Å². The van der Waals surface area contributed by atoms with Gasteiger partial charge in [-0.25, -0.2) is 0 Å². The fourth-order valence-corrected chi connectivity index (χ4v) is 3.28. The molecule has 1 aromatic rings. The van der Waals surface area contributed by atoms with Gasteiger partial charge >= 0.3 is 0 Å². The van der Waals surface area contributed by atoms with Crippen molar-refractivity contribution in [2.75, 3.05) is 5.32 Å². The topological polar surface area (TPSA) is 55.2 Å². The van der Waals surface area contributed by atoms with Crippen molar-refractivity contribution < 1.29 is 4.92 Å². The third-order valence-corrected chi connectivity index (χ3v) is 4.57. The Balaban J connectivity index is 2.20. The van der Waals surface area contributed by atoms with Crippen LogP contribution < -0.4 is 5.32 Å². The minimum Gasteiger partial charge on any atom is -0.382 e. The van der Waals surface area contributed by atoms with Gasteiger partial charge in [-0.3, -0.25) is 10.1 Å². The Hall–Kier alpha value is -1.29. The minimum absolute atomic E-state index is 0.0228. The molecule has 4 nitrogen and oxygen atoms in total. The van der Waals surface area contributed by atoms with Gasteiger partial charge in [0.1, 0.15) is 5.02 Å². The second kappa shape index (κ2) is 6.44. The molecule has 1 aliphatic carbocycles. The second-order valence-corrected chi connectivity index (χ2v) is 5.99. The van der Waals surface area contributed by atoms with Crippen LogP contribution in [0, 0.1) is 23.0 Å². The second-order valence-electron chi connectivity index (χ2n) is 5.58. The number of benzene rings is 1. The van der Waals surface area contributed by atoms with Gasteiger partial charge in [0.05, 0.1) is 4.92 Å². The maximum atomic E-state index is 10.9. The van der Waals surface area contributed by atoms with E-state index in [1.54, 1.807) is 12.1 Å². The molecule has 0 bridgehead atoms. The zero-order chi connectivity index (χ0) is 14.7. The molecule has 1 fully saturated rings. The zero-order valence-electron chi connectivity index (χ0n) is 12.0. The van der Waals surface area contributed by atoms with Gasteiger partial charge in [0, 0.05) is 17.8 Å². The van der Waals surface area contributed by atoms with E-state index in [9.17, 15) is 10.1 Å². The van der Waals surface area contributed by atoms with Crippen LogP contribution >= 0.6 is 11.6 Å². The molecule has 0 aliphatic heterocycles. The molecule has 1 aromatic carbocycles. The Kier molecular flexibility index (Phi) is 4.86. The number of nitrogens with one attached hydrogen (secondary N) is 1. The van der Waals surface area contributed by atoms with Gasteiger partial charge in [0.15, 0.2) is 0 Å². The highest BCUT2D eigenvalue weighted by atomic mass is 35.5. The van der Waals surface area contributed by atoms with Crippen LogP contribution in [0.4, 0.5) is 11.4 Å². The summed E-state index contributed by atoms with van der Waals surface area (Å²) >= 11 is 6.00. The fraction of sp³-hybridized carbons (Fsp3) is 0.600. The lowest BCUT2D eigenvalue weighted by molar-refractivity contribution is -0.384. The monoisotopic (exact) mass is 296 g/mol. The first-order valence-electron chi connectivity index (χ1n) is 7.24. The van der Waals surface area contributed by atoms with Gasteiger partial charge in [-0.15, -0.1) is 0 Å². The fourth-order valence-electron chi connectivity index (χ4n) is 3.05. The lowest BCUT2D eigenvalue weighted by Gasteiger charge is -2.32. The van der Waals surface area contributed by atoms with Crippen molar-refractivity contribution in [3.8, 4) is 0 Å². The van der Waals surface area contributed by atoms with E-state index in [0.717, 1.165) is 24.1 Å². The predicted molar refractivity (Wildman–Crippen MR) is 82.5 cm³/mol. The molecule has 1 N–H and O–H groups in total. The molecule has 20 heavy (non-hydrogen) atoms. The largest absolute Gasteiger partial charge is 0.382 e. The zero-order valence-corrected chi connectivity index (χ0v) is 12.7. The van der Waals surface area contributed by atoms with Gasteiger partial charge in [-0.05, 0) is 37.3 Å². The van der Waals surface area contributed by atoms with Crippen LogP contribution in [0.5, 0.6) is 0 Å². The van der Waals surface area contributed by atoms with Crippen molar-refractivity contribution in [3.05, 3.63) is 32.8 Å². The maximum Gasteiger partial charge on any atom is 0.288 e. The molecule has 0 aromatic heterocycles. The molecule has 0 radical (unpaired) electrons. The molecule has 0 amide bonds. The highest BCUT2D eigenvalue weighted by molar-refractivity contribution is 6.33. The Bertz CT molecular complexity index is 505. The van der Waals surface area contributed by atoms with Gasteiger partial charge in [-0.1, -0.05) is 37.8 Å². The molecule has 0 heterocycles. The number of aryl methyl sites for hydroxylation is 1. The number of halogens is 1. The summed E-state index contributed by atoms with van der Waals surface area (Å²) in [5.74, 6) is 0.678. The third kappa shape index (κ3) is 3.23. The first-order chi connectivity index (χ1) is 9.52. The van der Waals surface area contributed by atoms with Gasteiger partial charge in [0.25, 0.3) is 5.69 Å². The van der Waals surface area contributed by atoms with E-state index in [0.29, 0.717) is 12.0 Å². The van der Waals surface area contributed by atoms with Crippen molar-refractivity contribution in [2.24, 2.45) is 5.92 Å². The van der Waals surface area contributed by atoms with Crippen LogP contribution in [0.1, 0.15) is 44.6 Å². The molecular formula is C15H21ClN2O2. The summed E-state index contributed by atoms with van der Waals surface area (Å²) in [6.07, 6.45) is 6.13. The summed E-state index contributed by atoms with van der Waals surface area (Å²) in [5, 5.41) is 14.6. The standard InChI is InChI=1S/C15H21ClN2O2/c1-3-11-6-4-5-7-13(11)17-14-9-12(16)15(18(19)20)8-10(14)2/h8-9,11,13,17H,3-7H2,1-2H3. The molecule has 2 unspecified atom stereocenters. The van der Waals surface area contributed by atoms with Crippen LogP contribution in [-0.4, -0.2) is 11.0 Å². The normalized spacial score (nSPS) is 22.6. The predicted octanol–water partition coefficient (Wildman–Crippen LogP) is 4.94. The molecule has 2 rings (SSSR count). The van der Waals surface area contributed by atoms with Crippen molar-refractivity contribution in [1.29, 1.82) is 0 Å². The lowest BCUT2D eigenvalue weighted by Crippen LogP contribution is -2.32. The number of nitro benzene ring substituents is 1. The number of hydrogen-bond donors (Lipinski definition) is 1. The smallest absolute Gasteiger partial charge is 0.288 e. The molecule has 110 valence electrons. The highest BCUT2D eigenvalue weighted by Gasteiger charge is 2.24. The number of nitrogens with zero attached hydrogens (tertiary/aromatic N) is 1.